The van der Waals surface area contributed by atoms with E-state index < -0.39 is 0 Å². The summed E-state index contributed by atoms with van der Waals surface area (Å²) in [5, 5.41) is 3.10. The van der Waals surface area contributed by atoms with Crippen molar-refractivity contribution >= 4 is 17.7 Å². The van der Waals surface area contributed by atoms with E-state index in [1.54, 1.807) is 7.11 Å². The second-order valence-electron chi connectivity index (χ2n) is 9.11. The Morgan fingerprint density at radius 3 is 2.67 bits per heavy atom. The van der Waals surface area contributed by atoms with Crippen LogP contribution >= 0.6 is 0 Å². The summed E-state index contributed by atoms with van der Waals surface area (Å²) in [5.41, 5.74) is 0.888. The van der Waals surface area contributed by atoms with Gasteiger partial charge < -0.3 is 19.9 Å². The van der Waals surface area contributed by atoms with Crippen LogP contribution in [0, 0.1) is 5.92 Å². The molecule has 2 atom stereocenters. The molecule has 3 rings (SSSR count). The summed E-state index contributed by atoms with van der Waals surface area (Å²) in [7, 11) is 1.62. The van der Waals surface area contributed by atoms with Gasteiger partial charge in [0, 0.05) is 44.6 Å². The maximum atomic E-state index is 13.3. The number of rotatable bonds is 10. The molecule has 3 amide bonds. The van der Waals surface area contributed by atoms with E-state index in [9.17, 15) is 14.4 Å². The molecule has 182 valence electrons. The second-order valence-corrected chi connectivity index (χ2v) is 9.11. The van der Waals surface area contributed by atoms with Crippen LogP contribution in [-0.2, 0) is 14.4 Å². The largest absolute Gasteiger partial charge is 0.496 e. The van der Waals surface area contributed by atoms with Gasteiger partial charge in [0.05, 0.1) is 19.1 Å². The molecule has 1 aromatic carbocycles. The molecule has 0 aromatic heterocycles. The van der Waals surface area contributed by atoms with Gasteiger partial charge in [-0.05, 0) is 38.2 Å². The minimum Gasteiger partial charge on any atom is -0.496 e. The Morgan fingerprint density at radius 1 is 1.06 bits per heavy atom. The van der Waals surface area contributed by atoms with Crippen LogP contribution in [-0.4, -0.2) is 60.8 Å². The Bertz CT molecular complexity index is 812. The number of amides is 3. The number of piperidine rings is 1. The normalized spacial score (nSPS) is 21.6. The molecular formula is C26H39N3O4. The molecule has 2 aliphatic rings. The molecule has 2 heterocycles. The molecule has 2 fully saturated rings. The average Bonchev–Trinajstić information content (AvgIpc) is 3.04. The fourth-order valence-corrected chi connectivity index (χ4v) is 5.00. The van der Waals surface area contributed by atoms with E-state index in [0.29, 0.717) is 44.6 Å². The van der Waals surface area contributed by atoms with Gasteiger partial charge in [-0.15, -0.1) is 0 Å². The smallest absolute Gasteiger partial charge is 0.225 e. The third-order valence-corrected chi connectivity index (χ3v) is 6.83. The number of carbonyl (C=O) groups excluding carboxylic acids is 3. The van der Waals surface area contributed by atoms with Crippen molar-refractivity contribution in [2.45, 2.75) is 70.8 Å². The average molecular weight is 458 g/mol. The Balaban J connectivity index is 1.68. The van der Waals surface area contributed by atoms with Gasteiger partial charge in [-0.3, -0.25) is 14.4 Å². The number of ether oxygens (including phenoxy) is 1. The second kappa shape index (κ2) is 12.6. The lowest BCUT2D eigenvalue weighted by Gasteiger charge is -2.41. The summed E-state index contributed by atoms with van der Waals surface area (Å²) in [5.74, 6) is 0.685. The predicted octanol–water partition coefficient (Wildman–Crippen LogP) is 3.68. The summed E-state index contributed by atoms with van der Waals surface area (Å²) in [6.45, 7) is 4.77. The number of unbranched alkanes of at least 4 members (excludes halogenated alkanes) is 1. The summed E-state index contributed by atoms with van der Waals surface area (Å²) in [6, 6.07) is 7.36. The van der Waals surface area contributed by atoms with Crippen molar-refractivity contribution in [3.63, 3.8) is 0 Å². The van der Waals surface area contributed by atoms with E-state index in [1.807, 2.05) is 34.1 Å². The summed E-state index contributed by atoms with van der Waals surface area (Å²) in [4.78, 5) is 42.2. The number of hydrogen-bond acceptors (Lipinski definition) is 4. The van der Waals surface area contributed by atoms with Crippen molar-refractivity contribution in [1.82, 2.24) is 15.1 Å². The first-order valence-electron chi connectivity index (χ1n) is 12.5. The van der Waals surface area contributed by atoms with Gasteiger partial charge in [0.15, 0.2) is 0 Å². The molecule has 0 spiro atoms. The van der Waals surface area contributed by atoms with E-state index in [-0.39, 0.29) is 29.7 Å². The highest BCUT2D eigenvalue weighted by Crippen LogP contribution is 2.40. The Morgan fingerprint density at radius 2 is 1.88 bits per heavy atom. The number of benzene rings is 1. The Kier molecular flexibility index (Phi) is 9.58. The molecule has 2 unspecified atom stereocenters. The minimum absolute atomic E-state index is 0.0258. The Hall–Kier alpha value is -2.57. The standard InChI is InChI=1S/C26H39N3O4/c1-3-4-19-29-24(31)15-14-21(25(29)20-11-7-8-12-22(20)33-2)26(32)27-16-10-18-28-17-9-5-6-13-23(28)30/h7-8,11-12,21,25H,3-6,9-10,13-19H2,1-2H3,(H,27,32). The lowest BCUT2D eigenvalue weighted by atomic mass is 9.83. The zero-order valence-electron chi connectivity index (χ0n) is 20.2. The van der Waals surface area contributed by atoms with Crippen LogP contribution in [0.3, 0.4) is 0 Å². The highest BCUT2D eigenvalue weighted by Gasteiger charge is 2.41. The van der Waals surface area contributed by atoms with Gasteiger partial charge >= 0.3 is 0 Å². The van der Waals surface area contributed by atoms with Crippen molar-refractivity contribution in [2.24, 2.45) is 5.92 Å². The third-order valence-electron chi connectivity index (χ3n) is 6.83. The zero-order valence-corrected chi connectivity index (χ0v) is 20.2. The number of nitrogens with one attached hydrogen (secondary N) is 1. The molecule has 1 N–H and O–H groups in total. The van der Waals surface area contributed by atoms with Crippen LogP contribution in [0.15, 0.2) is 24.3 Å². The van der Waals surface area contributed by atoms with Gasteiger partial charge in [0.1, 0.15) is 5.75 Å². The SMILES string of the molecule is CCCCN1C(=O)CCC(C(=O)NCCCN2CCCCCC2=O)C1c1ccccc1OC. The molecular weight excluding hydrogens is 418 g/mol. The van der Waals surface area contributed by atoms with Gasteiger partial charge in [0.25, 0.3) is 0 Å². The number of hydrogen-bond donors (Lipinski definition) is 1. The first-order chi connectivity index (χ1) is 16.1. The molecule has 7 nitrogen and oxygen atoms in total. The minimum atomic E-state index is -0.332. The molecule has 1 aromatic rings. The van der Waals surface area contributed by atoms with E-state index in [2.05, 4.69) is 12.2 Å². The van der Waals surface area contributed by atoms with Gasteiger partial charge in [-0.1, -0.05) is 38.0 Å². The first kappa shape index (κ1) is 25.1. The van der Waals surface area contributed by atoms with Crippen LogP contribution in [0.2, 0.25) is 0 Å². The quantitative estimate of drug-likeness (QED) is 0.544. The number of nitrogens with zero attached hydrogens (tertiary/aromatic N) is 2. The fourth-order valence-electron chi connectivity index (χ4n) is 5.00. The number of carbonyl (C=O) groups is 3. The lowest BCUT2D eigenvalue weighted by Crippen LogP contribution is -2.48. The van der Waals surface area contributed by atoms with Crippen LogP contribution in [0.4, 0.5) is 0 Å². The van der Waals surface area contributed by atoms with E-state index in [0.717, 1.165) is 50.6 Å². The lowest BCUT2D eigenvalue weighted by molar-refractivity contribution is -0.143. The van der Waals surface area contributed by atoms with Crippen molar-refractivity contribution in [3.8, 4) is 5.75 Å². The monoisotopic (exact) mass is 457 g/mol. The fraction of sp³-hybridized carbons (Fsp3) is 0.654. The molecule has 0 aliphatic carbocycles. The predicted molar refractivity (Wildman–Crippen MR) is 128 cm³/mol. The first-order valence-corrected chi connectivity index (χ1v) is 12.5. The number of likely N-dealkylation sites (tertiary alicyclic amines) is 2. The number of methoxy groups -OCH3 is 1. The van der Waals surface area contributed by atoms with Crippen LogP contribution < -0.4 is 10.1 Å². The molecule has 0 radical (unpaired) electrons. The van der Waals surface area contributed by atoms with Crippen molar-refractivity contribution in [2.75, 3.05) is 33.3 Å². The van der Waals surface area contributed by atoms with Crippen molar-refractivity contribution in [3.05, 3.63) is 29.8 Å². The van der Waals surface area contributed by atoms with Gasteiger partial charge in [-0.2, -0.15) is 0 Å². The van der Waals surface area contributed by atoms with Crippen LogP contribution in [0.5, 0.6) is 5.75 Å². The maximum Gasteiger partial charge on any atom is 0.225 e. The highest BCUT2D eigenvalue weighted by atomic mass is 16.5. The maximum absolute atomic E-state index is 13.3. The van der Waals surface area contributed by atoms with E-state index >= 15 is 0 Å². The number of para-hydroxylation sites is 1. The molecule has 7 heteroatoms. The van der Waals surface area contributed by atoms with Crippen LogP contribution in [0.25, 0.3) is 0 Å². The zero-order chi connectivity index (χ0) is 23.6. The topological polar surface area (TPSA) is 79.0 Å². The highest BCUT2D eigenvalue weighted by molar-refractivity contribution is 5.85. The van der Waals surface area contributed by atoms with Crippen molar-refractivity contribution in [1.29, 1.82) is 0 Å². The van der Waals surface area contributed by atoms with E-state index in [4.69, 9.17) is 4.74 Å². The van der Waals surface area contributed by atoms with Crippen LogP contribution in [0.1, 0.15) is 76.3 Å². The van der Waals surface area contributed by atoms with Crippen molar-refractivity contribution < 1.29 is 19.1 Å². The summed E-state index contributed by atoms with van der Waals surface area (Å²) in [6.07, 6.45) is 7.31. The van der Waals surface area contributed by atoms with Gasteiger partial charge in [0.2, 0.25) is 17.7 Å². The summed E-state index contributed by atoms with van der Waals surface area (Å²) < 4.78 is 5.59. The molecule has 2 saturated heterocycles. The molecule has 0 bridgehead atoms. The van der Waals surface area contributed by atoms with Gasteiger partial charge in [-0.25, -0.2) is 0 Å². The molecule has 33 heavy (non-hydrogen) atoms. The summed E-state index contributed by atoms with van der Waals surface area (Å²) >= 11 is 0. The molecule has 2 aliphatic heterocycles. The van der Waals surface area contributed by atoms with E-state index in [1.165, 1.54) is 0 Å². The molecule has 0 saturated carbocycles. The Labute approximate surface area is 197 Å². The third kappa shape index (κ3) is 6.49.